The number of nitrogens with zero attached hydrogens (tertiary/aromatic N) is 1. The number of carboxylic acids is 1. The van der Waals surface area contributed by atoms with E-state index in [0.29, 0.717) is 11.4 Å². The number of amides is 1. The van der Waals surface area contributed by atoms with Crippen molar-refractivity contribution in [3.63, 3.8) is 0 Å². The fourth-order valence-electron chi connectivity index (χ4n) is 2.92. The molecule has 3 rings (SSSR count). The van der Waals surface area contributed by atoms with Crippen molar-refractivity contribution in [3.8, 4) is 5.75 Å². The maximum atomic E-state index is 12.2. The van der Waals surface area contributed by atoms with E-state index >= 15 is 0 Å². The van der Waals surface area contributed by atoms with E-state index in [-0.39, 0.29) is 17.0 Å². The van der Waals surface area contributed by atoms with Gasteiger partial charge in [-0.05, 0) is 37.3 Å². The number of rotatable bonds is 6. The molecule has 0 atom stereocenters. The van der Waals surface area contributed by atoms with E-state index < -0.39 is 23.4 Å². The molecule has 1 amide bonds. The lowest BCUT2D eigenvalue weighted by Crippen LogP contribution is -2.21. The maximum Gasteiger partial charge on any atom is 0.339 e. The van der Waals surface area contributed by atoms with Crippen LogP contribution in [0, 0.1) is 10.1 Å². The molecule has 1 aliphatic rings. The SMILES string of the molecule is CC.O=C(COc1ccccc1[N+](=O)[O-])Nc1sc2c(c1C(=O)O)CCCC2. The highest BCUT2D eigenvalue weighted by Gasteiger charge is 2.26. The van der Waals surface area contributed by atoms with Crippen molar-refractivity contribution in [1.82, 2.24) is 0 Å². The summed E-state index contributed by atoms with van der Waals surface area (Å²) in [6, 6.07) is 5.75. The van der Waals surface area contributed by atoms with Gasteiger partial charge in [-0.2, -0.15) is 0 Å². The summed E-state index contributed by atoms with van der Waals surface area (Å²) in [5, 5.41) is 23.3. The van der Waals surface area contributed by atoms with Crippen LogP contribution in [-0.2, 0) is 17.6 Å². The molecule has 0 aliphatic heterocycles. The maximum absolute atomic E-state index is 12.2. The molecule has 150 valence electrons. The van der Waals surface area contributed by atoms with Gasteiger partial charge in [0.25, 0.3) is 5.91 Å². The number of nitrogens with one attached hydrogen (secondary N) is 1. The van der Waals surface area contributed by atoms with Gasteiger partial charge in [-0.15, -0.1) is 11.3 Å². The highest BCUT2D eigenvalue weighted by Crippen LogP contribution is 2.38. The number of fused-ring (bicyclic) bond motifs is 1. The fourth-order valence-corrected chi connectivity index (χ4v) is 4.21. The lowest BCUT2D eigenvalue weighted by Gasteiger charge is -2.10. The van der Waals surface area contributed by atoms with Crippen LogP contribution in [0.5, 0.6) is 5.75 Å². The molecule has 8 nitrogen and oxygen atoms in total. The van der Waals surface area contributed by atoms with E-state index in [0.717, 1.165) is 29.7 Å². The van der Waals surface area contributed by atoms with Crippen LogP contribution in [0.4, 0.5) is 10.7 Å². The van der Waals surface area contributed by atoms with Crippen LogP contribution >= 0.6 is 11.3 Å². The second-order valence-corrected chi connectivity index (χ2v) is 6.89. The molecule has 0 radical (unpaired) electrons. The van der Waals surface area contributed by atoms with E-state index in [9.17, 15) is 24.8 Å². The number of carboxylic acid groups (broad SMARTS) is 1. The molecule has 1 aliphatic carbocycles. The van der Waals surface area contributed by atoms with Gasteiger partial charge in [0.2, 0.25) is 0 Å². The Kier molecular flexibility index (Phi) is 7.51. The number of hydrogen-bond acceptors (Lipinski definition) is 6. The lowest BCUT2D eigenvalue weighted by atomic mass is 9.95. The summed E-state index contributed by atoms with van der Waals surface area (Å²) >= 11 is 1.27. The van der Waals surface area contributed by atoms with Crippen LogP contribution in [0.15, 0.2) is 24.3 Å². The normalized spacial score (nSPS) is 12.2. The van der Waals surface area contributed by atoms with Gasteiger partial charge in [-0.3, -0.25) is 14.9 Å². The Morgan fingerprint density at radius 2 is 1.93 bits per heavy atom. The first-order chi connectivity index (χ1) is 13.5. The summed E-state index contributed by atoms with van der Waals surface area (Å²) < 4.78 is 5.24. The number of ether oxygens (including phenoxy) is 1. The van der Waals surface area contributed by atoms with Crippen molar-refractivity contribution in [1.29, 1.82) is 0 Å². The Balaban J connectivity index is 0.00000136. The van der Waals surface area contributed by atoms with E-state index in [4.69, 9.17) is 4.74 Å². The molecule has 2 N–H and O–H groups in total. The van der Waals surface area contributed by atoms with Gasteiger partial charge >= 0.3 is 11.7 Å². The van der Waals surface area contributed by atoms with E-state index in [1.165, 1.54) is 29.5 Å². The summed E-state index contributed by atoms with van der Waals surface area (Å²) in [5.74, 6) is -1.65. The van der Waals surface area contributed by atoms with Crippen molar-refractivity contribution < 1.29 is 24.4 Å². The standard InChI is InChI=1S/C17H16N2O6S.C2H6/c20-14(9-25-12-7-3-2-6-11(12)19(23)24)18-16-15(17(21)22)10-5-1-4-8-13(10)26-16;1-2/h2-3,6-7H,1,4-5,8-9H2,(H,18,20)(H,21,22);1-2H3. The topological polar surface area (TPSA) is 119 Å². The molecule has 2 aromatic rings. The van der Waals surface area contributed by atoms with E-state index in [1.807, 2.05) is 13.8 Å². The fraction of sp³-hybridized carbons (Fsp3) is 0.368. The first-order valence-electron chi connectivity index (χ1n) is 9.01. The molecular formula is C19H22N2O6S. The molecular weight excluding hydrogens is 384 g/mol. The number of benzene rings is 1. The van der Waals surface area contributed by atoms with Crippen molar-refractivity contribution >= 4 is 33.9 Å². The minimum Gasteiger partial charge on any atom is -0.478 e. The molecule has 0 spiro atoms. The van der Waals surface area contributed by atoms with Crippen molar-refractivity contribution in [2.45, 2.75) is 39.5 Å². The molecule has 1 aromatic heterocycles. The third-order valence-electron chi connectivity index (χ3n) is 4.06. The second-order valence-electron chi connectivity index (χ2n) is 5.78. The number of aryl methyl sites for hydroxylation is 1. The van der Waals surface area contributed by atoms with Crippen LogP contribution in [0.2, 0.25) is 0 Å². The van der Waals surface area contributed by atoms with Gasteiger partial charge in [0.05, 0.1) is 10.5 Å². The van der Waals surface area contributed by atoms with Crippen LogP contribution in [0.3, 0.4) is 0 Å². The molecule has 0 bridgehead atoms. The van der Waals surface area contributed by atoms with Gasteiger partial charge in [-0.25, -0.2) is 4.79 Å². The van der Waals surface area contributed by atoms with Crippen molar-refractivity contribution in [2.75, 3.05) is 11.9 Å². The number of para-hydroxylation sites is 2. The van der Waals surface area contributed by atoms with Crippen molar-refractivity contribution in [2.24, 2.45) is 0 Å². The van der Waals surface area contributed by atoms with Gasteiger partial charge in [-0.1, -0.05) is 26.0 Å². The summed E-state index contributed by atoms with van der Waals surface area (Å²) in [6.45, 7) is 3.55. The minimum atomic E-state index is -1.07. The zero-order valence-electron chi connectivity index (χ0n) is 15.7. The molecule has 9 heteroatoms. The van der Waals surface area contributed by atoms with Gasteiger partial charge < -0.3 is 15.2 Å². The number of anilines is 1. The van der Waals surface area contributed by atoms with Crippen LogP contribution in [0.1, 0.15) is 47.5 Å². The Morgan fingerprint density at radius 3 is 2.61 bits per heavy atom. The molecule has 0 unspecified atom stereocenters. The number of nitro benzene ring substituents is 1. The molecule has 1 heterocycles. The quantitative estimate of drug-likeness (QED) is 0.546. The Hall–Kier alpha value is -2.94. The molecule has 1 aromatic carbocycles. The number of carbonyl (C=O) groups excluding carboxylic acids is 1. The van der Waals surface area contributed by atoms with Crippen LogP contribution in [0.25, 0.3) is 0 Å². The smallest absolute Gasteiger partial charge is 0.339 e. The summed E-state index contributed by atoms with van der Waals surface area (Å²) in [5.41, 5.74) is 0.700. The minimum absolute atomic E-state index is 0.0171. The number of carbonyl (C=O) groups is 2. The third kappa shape index (κ3) is 4.86. The van der Waals surface area contributed by atoms with Gasteiger partial charge in [0, 0.05) is 10.9 Å². The van der Waals surface area contributed by atoms with E-state index in [2.05, 4.69) is 5.32 Å². The van der Waals surface area contributed by atoms with Crippen molar-refractivity contribution in [3.05, 3.63) is 50.4 Å². The highest BCUT2D eigenvalue weighted by molar-refractivity contribution is 7.17. The van der Waals surface area contributed by atoms with Gasteiger partial charge in [0.1, 0.15) is 5.00 Å². The molecule has 0 fully saturated rings. The van der Waals surface area contributed by atoms with E-state index in [1.54, 1.807) is 6.07 Å². The number of aromatic carboxylic acids is 1. The average molecular weight is 406 g/mol. The summed E-state index contributed by atoms with van der Waals surface area (Å²) in [6.07, 6.45) is 3.43. The predicted octanol–water partition coefficient (Wildman–Crippen LogP) is 4.28. The number of thiophene rings is 1. The number of hydrogen-bond donors (Lipinski definition) is 2. The number of nitro groups is 1. The first-order valence-corrected chi connectivity index (χ1v) is 9.83. The van der Waals surface area contributed by atoms with Gasteiger partial charge in [0.15, 0.2) is 12.4 Å². The largest absolute Gasteiger partial charge is 0.478 e. The Labute approximate surface area is 166 Å². The average Bonchev–Trinajstić information content (AvgIpc) is 3.06. The lowest BCUT2D eigenvalue weighted by molar-refractivity contribution is -0.385. The highest BCUT2D eigenvalue weighted by atomic mass is 32.1. The zero-order chi connectivity index (χ0) is 20.7. The summed E-state index contributed by atoms with van der Waals surface area (Å²) in [4.78, 5) is 35.1. The molecule has 0 saturated heterocycles. The Bertz CT molecular complexity index is 877. The predicted molar refractivity (Wildman–Crippen MR) is 106 cm³/mol. The molecule has 28 heavy (non-hydrogen) atoms. The second kappa shape index (κ2) is 9.84. The van der Waals surface area contributed by atoms with Crippen LogP contribution < -0.4 is 10.1 Å². The summed E-state index contributed by atoms with van der Waals surface area (Å²) in [7, 11) is 0. The monoisotopic (exact) mass is 406 g/mol. The molecule has 0 saturated carbocycles. The zero-order valence-corrected chi connectivity index (χ0v) is 16.5. The Morgan fingerprint density at radius 1 is 1.25 bits per heavy atom. The van der Waals surface area contributed by atoms with Crippen LogP contribution in [-0.4, -0.2) is 28.5 Å². The third-order valence-corrected chi connectivity index (χ3v) is 5.27. The first kappa shape index (κ1) is 21.4.